The molecule has 4 nitrogen and oxygen atoms in total. The third-order valence-corrected chi connectivity index (χ3v) is 2.99. The molecule has 110 valence electrons. The van der Waals surface area contributed by atoms with Gasteiger partial charge in [-0.05, 0) is 40.0 Å². The first-order chi connectivity index (χ1) is 8.49. The fourth-order valence-corrected chi connectivity index (χ4v) is 2.03. The Balaban J connectivity index is 3.98. The van der Waals surface area contributed by atoms with Gasteiger partial charge in [-0.1, -0.05) is 20.8 Å². The minimum Gasteiger partial charge on any atom is -0.395 e. The topological polar surface area (TPSA) is 38.7 Å². The molecule has 0 radical (unpaired) electrons. The van der Waals surface area contributed by atoms with E-state index in [-0.39, 0.29) is 12.6 Å². The second-order valence-corrected chi connectivity index (χ2v) is 5.63. The number of aliphatic hydroxyl groups is 1. The van der Waals surface area contributed by atoms with Crippen LogP contribution in [0.15, 0.2) is 0 Å². The van der Waals surface area contributed by atoms with Crippen LogP contribution >= 0.6 is 0 Å². The molecule has 4 heteroatoms. The number of likely N-dealkylation sites (N-methyl/N-ethyl adjacent to an activating group) is 1. The van der Waals surface area contributed by atoms with Gasteiger partial charge in [-0.3, -0.25) is 0 Å². The van der Waals surface area contributed by atoms with Gasteiger partial charge < -0.3 is 20.2 Å². The van der Waals surface area contributed by atoms with Crippen LogP contribution in [-0.2, 0) is 0 Å². The van der Waals surface area contributed by atoms with Crippen molar-refractivity contribution in [1.82, 2.24) is 15.1 Å². The lowest BCUT2D eigenvalue weighted by Gasteiger charge is -2.26. The van der Waals surface area contributed by atoms with Gasteiger partial charge in [0.1, 0.15) is 0 Å². The largest absolute Gasteiger partial charge is 0.395 e. The Kier molecular flexibility index (Phi) is 10.6. The second kappa shape index (κ2) is 10.7. The molecule has 18 heavy (non-hydrogen) atoms. The van der Waals surface area contributed by atoms with Crippen molar-refractivity contribution in [3.8, 4) is 0 Å². The Morgan fingerprint density at radius 2 is 1.72 bits per heavy atom. The maximum atomic E-state index is 9.35. The average Bonchev–Trinajstić information content (AvgIpc) is 2.30. The summed E-state index contributed by atoms with van der Waals surface area (Å²) in [4.78, 5) is 4.71. The molecular weight excluding hydrogens is 226 g/mol. The number of nitrogens with zero attached hydrogens (tertiary/aromatic N) is 2. The van der Waals surface area contributed by atoms with Gasteiger partial charge in [0.15, 0.2) is 0 Å². The molecule has 0 aromatic carbocycles. The molecular formula is C14H33N3O. The lowest BCUT2D eigenvalue weighted by molar-refractivity contribution is 0.192. The number of hydrogen-bond donors (Lipinski definition) is 2. The fraction of sp³-hybridized carbons (Fsp3) is 1.00. The van der Waals surface area contributed by atoms with E-state index in [1.165, 1.54) is 6.42 Å². The van der Waals surface area contributed by atoms with Gasteiger partial charge in [-0.25, -0.2) is 0 Å². The summed E-state index contributed by atoms with van der Waals surface area (Å²) < 4.78 is 0. The lowest BCUT2D eigenvalue weighted by atomic mass is 10.2. The van der Waals surface area contributed by atoms with Crippen molar-refractivity contribution in [3.63, 3.8) is 0 Å². The Morgan fingerprint density at radius 1 is 1.06 bits per heavy atom. The normalized spacial score (nSPS) is 13.8. The van der Waals surface area contributed by atoms with Crippen LogP contribution in [0.3, 0.4) is 0 Å². The molecule has 0 aromatic rings. The van der Waals surface area contributed by atoms with E-state index in [1.807, 2.05) is 0 Å². The summed E-state index contributed by atoms with van der Waals surface area (Å²) in [5.74, 6) is 0. The van der Waals surface area contributed by atoms with Crippen molar-refractivity contribution in [2.75, 3.05) is 46.9 Å². The van der Waals surface area contributed by atoms with Crippen molar-refractivity contribution < 1.29 is 5.11 Å². The van der Waals surface area contributed by atoms with Gasteiger partial charge in [0, 0.05) is 25.2 Å². The minimum absolute atomic E-state index is 0.226. The predicted molar refractivity (Wildman–Crippen MR) is 79.0 cm³/mol. The Bertz CT molecular complexity index is 186. The first-order valence-electron chi connectivity index (χ1n) is 7.23. The third-order valence-electron chi connectivity index (χ3n) is 2.99. The monoisotopic (exact) mass is 259 g/mol. The van der Waals surface area contributed by atoms with Crippen molar-refractivity contribution in [3.05, 3.63) is 0 Å². The van der Waals surface area contributed by atoms with Gasteiger partial charge in [0.25, 0.3) is 0 Å². The van der Waals surface area contributed by atoms with Crippen LogP contribution in [0.1, 0.15) is 33.6 Å². The smallest absolute Gasteiger partial charge is 0.0585 e. The van der Waals surface area contributed by atoms with Crippen molar-refractivity contribution in [1.29, 1.82) is 0 Å². The van der Waals surface area contributed by atoms with Crippen LogP contribution < -0.4 is 5.32 Å². The van der Waals surface area contributed by atoms with Crippen LogP contribution in [0.25, 0.3) is 0 Å². The van der Waals surface area contributed by atoms with E-state index in [9.17, 15) is 5.11 Å². The van der Waals surface area contributed by atoms with Crippen LogP contribution in [0.2, 0.25) is 0 Å². The number of hydrogen-bond acceptors (Lipinski definition) is 4. The Morgan fingerprint density at radius 3 is 2.17 bits per heavy atom. The summed E-state index contributed by atoms with van der Waals surface area (Å²) >= 11 is 0. The quantitative estimate of drug-likeness (QED) is 0.581. The molecule has 0 heterocycles. The molecule has 0 aliphatic heterocycles. The molecule has 0 rings (SSSR count). The van der Waals surface area contributed by atoms with Crippen LogP contribution in [-0.4, -0.2) is 73.9 Å². The second-order valence-electron chi connectivity index (χ2n) is 5.63. The molecule has 1 atom stereocenters. The summed E-state index contributed by atoms with van der Waals surface area (Å²) in [6.45, 7) is 11.1. The molecule has 1 unspecified atom stereocenters. The van der Waals surface area contributed by atoms with Crippen molar-refractivity contribution in [2.24, 2.45) is 0 Å². The maximum absolute atomic E-state index is 9.35. The van der Waals surface area contributed by atoms with Crippen molar-refractivity contribution >= 4 is 0 Å². The van der Waals surface area contributed by atoms with Gasteiger partial charge in [0.2, 0.25) is 0 Å². The van der Waals surface area contributed by atoms with Gasteiger partial charge in [-0.15, -0.1) is 0 Å². The summed E-state index contributed by atoms with van der Waals surface area (Å²) in [6, 6.07) is 0.660. The zero-order valence-corrected chi connectivity index (χ0v) is 12.9. The molecule has 0 saturated heterocycles. The fourth-order valence-electron chi connectivity index (χ4n) is 2.03. The van der Waals surface area contributed by atoms with Crippen LogP contribution in [0, 0.1) is 0 Å². The first kappa shape index (κ1) is 17.8. The molecule has 0 aliphatic rings. The zero-order chi connectivity index (χ0) is 14.0. The number of rotatable bonds is 11. The van der Waals surface area contributed by atoms with E-state index in [2.05, 4.69) is 50.0 Å². The van der Waals surface area contributed by atoms with Gasteiger partial charge >= 0.3 is 0 Å². The molecule has 0 saturated carbocycles. The standard InChI is InChI=1S/C14H33N3O/c1-6-8-17(11-10-16(4)5)9-7-14(12-18)15-13(2)3/h13-15,18H,6-12H2,1-5H3. The third kappa shape index (κ3) is 9.83. The summed E-state index contributed by atoms with van der Waals surface area (Å²) in [5.41, 5.74) is 0. The number of aliphatic hydroxyl groups excluding tert-OH is 1. The highest BCUT2D eigenvalue weighted by Crippen LogP contribution is 2.00. The SMILES string of the molecule is CCCN(CCC(CO)NC(C)C)CCN(C)C. The predicted octanol–water partition coefficient (Wildman–Crippen LogP) is 1.01. The highest BCUT2D eigenvalue weighted by Gasteiger charge is 2.11. The van der Waals surface area contributed by atoms with E-state index in [4.69, 9.17) is 0 Å². The van der Waals surface area contributed by atoms with Crippen LogP contribution in [0.4, 0.5) is 0 Å². The summed E-state index contributed by atoms with van der Waals surface area (Å²) in [7, 11) is 4.22. The average molecular weight is 259 g/mol. The molecule has 2 N–H and O–H groups in total. The van der Waals surface area contributed by atoms with E-state index in [0.29, 0.717) is 6.04 Å². The Hall–Kier alpha value is -0.160. The Labute approximate surface area is 113 Å². The maximum Gasteiger partial charge on any atom is 0.0585 e. The first-order valence-corrected chi connectivity index (χ1v) is 7.23. The minimum atomic E-state index is 0.226. The van der Waals surface area contributed by atoms with E-state index >= 15 is 0 Å². The molecule has 0 amide bonds. The molecule has 0 aliphatic carbocycles. The summed E-state index contributed by atoms with van der Waals surface area (Å²) in [6.07, 6.45) is 2.21. The molecule has 0 spiro atoms. The molecule has 0 bridgehead atoms. The van der Waals surface area contributed by atoms with E-state index in [1.54, 1.807) is 0 Å². The van der Waals surface area contributed by atoms with E-state index in [0.717, 1.165) is 32.6 Å². The summed E-state index contributed by atoms with van der Waals surface area (Å²) in [5, 5.41) is 12.8. The number of nitrogens with one attached hydrogen (secondary N) is 1. The highest BCUT2D eigenvalue weighted by atomic mass is 16.3. The highest BCUT2D eigenvalue weighted by molar-refractivity contribution is 4.71. The van der Waals surface area contributed by atoms with Crippen LogP contribution in [0.5, 0.6) is 0 Å². The van der Waals surface area contributed by atoms with Gasteiger partial charge in [0.05, 0.1) is 6.61 Å². The van der Waals surface area contributed by atoms with E-state index < -0.39 is 0 Å². The molecule has 0 fully saturated rings. The zero-order valence-electron chi connectivity index (χ0n) is 12.9. The van der Waals surface area contributed by atoms with Crippen molar-refractivity contribution in [2.45, 2.75) is 45.7 Å². The lowest BCUT2D eigenvalue weighted by Crippen LogP contribution is -2.41. The van der Waals surface area contributed by atoms with Gasteiger partial charge in [-0.2, -0.15) is 0 Å². The molecule has 0 aromatic heterocycles.